The lowest BCUT2D eigenvalue weighted by molar-refractivity contribution is -0.129. The van der Waals surface area contributed by atoms with Gasteiger partial charge in [-0.05, 0) is 42.7 Å². The van der Waals surface area contributed by atoms with Gasteiger partial charge in [0.1, 0.15) is 11.1 Å². The highest BCUT2D eigenvalue weighted by atomic mass is 32.2. The summed E-state index contributed by atoms with van der Waals surface area (Å²) in [6.45, 7) is 1.73. The van der Waals surface area contributed by atoms with Gasteiger partial charge < -0.3 is 9.47 Å². The van der Waals surface area contributed by atoms with Crippen LogP contribution in [0, 0.1) is 0 Å². The zero-order valence-electron chi connectivity index (χ0n) is 18.4. The van der Waals surface area contributed by atoms with E-state index >= 15 is 0 Å². The van der Waals surface area contributed by atoms with Crippen LogP contribution in [-0.2, 0) is 11.2 Å². The van der Waals surface area contributed by atoms with Crippen LogP contribution >= 0.6 is 23.1 Å². The van der Waals surface area contributed by atoms with Gasteiger partial charge in [0, 0.05) is 30.4 Å². The number of likely N-dealkylation sites (tertiary alicyclic amines) is 1. The average molecular weight is 467 g/mol. The molecule has 168 valence electrons. The highest BCUT2D eigenvalue weighted by molar-refractivity contribution is 8.00. The zero-order valence-corrected chi connectivity index (χ0v) is 20.0. The van der Waals surface area contributed by atoms with Crippen LogP contribution in [0.1, 0.15) is 72.5 Å². The summed E-state index contributed by atoms with van der Waals surface area (Å²) in [5.41, 5.74) is 1.05. The number of carbonyl (C=O) groups excluding carboxylic acids is 1. The van der Waals surface area contributed by atoms with E-state index in [9.17, 15) is 4.79 Å². The van der Waals surface area contributed by atoms with Crippen molar-refractivity contribution in [1.29, 1.82) is 0 Å². The molecule has 0 N–H and O–H groups in total. The maximum absolute atomic E-state index is 13.6. The Balaban J connectivity index is 1.48. The Morgan fingerprint density at radius 2 is 1.78 bits per heavy atom. The number of thiophene rings is 1. The summed E-state index contributed by atoms with van der Waals surface area (Å²) >= 11 is 3.36. The van der Waals surface area contributed by atoms with Gasteiger partial charge in [-0.3, -0.25) is 4.79 Å². The van der Waals surface area contributed by atoms with Crippen molar-refractivity contribution in [2.45, 2.75) is 67.8 Å². The van der Waals surface area contributed by atoms with Crippen molar-refractivity contribution in [1.82, 2.24) is 19.7 Å². The van der Waals surface area contributed by atoms with Gasteiger partial charge in [0.05, 0.1) is 0 Å². The molecular weight excluding hydrogens is 436 g/mol. The van der Waals surface area contributed by atoms with Gasteiger partial charge in [0.15, 0.2) is 5.16 Å². The fraction of sp³-hybridized carbons (Fsp3) is 0.480. The Hall–Kier alpha value is -2.12. The highest BCUT2D eigenvalue weighted by Gasteiger charge is 2.32. The molecule has 1 aliphatic heterocycles. The summed E-state index contributed by atoms with van der Waals surface area (Å²) in [6.07, 6.45) is 9.14. The van der Waals surface area contributed by atoms with Crippen molar-refractivity contribution in [3.8, 4) is 0 Å². The van der Waals surface area contributed by atoms with Crippen molar-refractivity contribution < 1.29 is 4.79 Å². The molecule has 0 unspecified atom stereocenters. The maximum atomic E-state index is 13.6. The molecule has 0 spiro atoms. The highest BCUT2D eigenvalue weighted by Crippen LogP contribution is 2.40. The van der Waals surface area contributed by atoms with Gasteiger partial charge >= 0.3 is 0 Å². The molecule has 0 bridgehead atoms. The number of carbonyl (C=O) groups is 1. The number of rotatable bonds is 7. The van der Waals surface area contributed by atoms with Crippen molar-refractivity contribution in [2.24, 2.45) is 0 Å². The van der Waals surface area contributed by atoms with Gasteiger partial charge in [0.25, 0.3) is 0 Å². The predicted octanol–water partition coefficient (Wildman–Crippen LogP) is 5.89. The molecule has 0 radical (unpaired) electrons. The first-order valence-corrected chi connectivity index (χ1v) is 13.5. The van der Waals surface area contributed by atoms with E-state index in [0.29, 0.717) is 6.04 Å². The molecule has 1 amide bonds. The van der Waals surface area contributed by atoms with Crippen LogP contribution in [0.15, 0.2) is 53.0 Å². The van der Waals surface area contributed by atoms with Crippen molar-refractivity contribution >= 4 is 29.0 Å². The second-order valence-corrected chi connectivity index (χ2v) is 10.9. The Kier molecular flexibility index (Phi) is 6.93. The number of benzene rings is 1. The van der Waals surface area contributed by atoms with Gasteiger partial charge in [-0.2, -0.15) is 0 Å². The van der Waals surface area contributed by atoms with Crippen LogP contribution in [0.25, 0.3) is 0 Å². The van der Waals surface area contributed by atoms with Gasteiger partial charge in [0.2, 0.25) is 5.91 Å². The smallest absolute Gasteiger partial charge is 0.240 e. The first kappa shape index (κ1) is 21.7. The van der Waals surface area contributed by atoms with E-state index in [4.69, 9.17) is 0 Å². The van der Waals surface area contributed by atoms with Crippen molar-refractivity contribution in [3.05, 3.63) is 64.1 Å². The topological polar surface area (TPSA) is 51.0 Å². The van der Waals surface area contributed by atoms with E-state index in [1.807, 2.05) is 23.1 Å². The van der Waals surface area contributed by atoms with E-state index in [-0.39, 0.29) is 11.2 Å². The average Bonchev–Trinajstić information content (AvgIpc) is 3.61. The first-order chi connectivity index (χ1) is 15.8. The Morgan fingerprint density at radius 3 is 2.50 bits per heavy atom. The lowest BCUT2D eigenvalue weighted by Gasteiger charge is -2.27. The molecule has 2 fully saturated rings. The molecule has 1 saturated carbocycles. The zero-order chi connectivity index (χ0) is 21.8. The maximum Gasteiger partial charge on any atom is 0.240 e. The SMILES string of the molecule is O=C([C@@H](Sc1nnc(Cc2cccs2)n1C1CCCCC1)c1ccccc1)N1CCCC1. The molecule has 3 heterocycles. The number of nitrogens with zero attached hydrogens (tertiary/aromatic N) is 4. The Bertz CT molecular complexity index is 1010. The first-order valence-electron chi connectivity index (χ1n) is 11.8. The summed E-state index contributed by atoms with van der Waals surface area (Å²) in [5.74, 6) is 1.24. The number of hydrogen-bond donors (Lipinski definition) is 0. The molecule has 1 atom stereocenters. The third-order valence-electron chi connectivity index (χ3n) is 6.56. The van der Waals surface area contributed by atoms with E-state index in [1.165, 1.54) is 37.0 Å². The summed E-state index contributed by atoms with van der Waals surface area (Å²) in [7, 11) is 0. The van der Waals surface area contributed by atoms with Crippen molar-refractivity contribution in [2.75, 3.05) is 13.1 Å². The van der Waals surface area contributed by atoms with Gasteiger partial charge in [-0.1, -0.05) is 67.4 Å². The second kappa shape index (κ2) is 10.2. The molecule has 7 heteroatoms. The van der Waals surface area contributed by atoms with E-state index in [2.05, 4.69) is 44.4 Å². The fourth-order valence-electron chi connectivity index (χ4n) is 4.88. The van der Waals surface area contributed by atoms with E-state index in [1.54, 1.807) is 23.1 Å². The largest absolute Gasteiger partial charge is 0.341 e. The summed E-state index contributed by atoms with van der Waals surface area (Å²) in [6, 6.07) is 14.9. The molecule has 1 aromatic carbocycles. The fourth-order valence-corrected chi connectivity index (χ4v) is 6.79. The van der Waals surface area contributed by atoms with Crippen molar-refractivity contribution in [3.63, 3.8) is 0 Å². The third-order valence-corrected chi connectivity index (χ3v) is 8.63. The number of hydrogen-bond acceptors (Lipinski definition) is 5. The minimum Gasteiger partial charge on any atom is -0.341 e. The van der Waals surface area contributed by atoms with E-state index < -0.39 is 0 Å². The number of aromatic nitrogens is 3. The number of thioether (sulfide) groups is 1. The molecule has 32 heavy (non-hydrogen) atoms. The van der Waals surface area contributed by atoms with Crippen LogP contribution in [0.5, 0.6) is 0 Å². The molecule has 1 saturated heterocycles. The molecule has 5 rings (SSSR count). The normalized spacial score (nSPS) is 18.2. The predicted molar refractivity (Wildman–Crippen MR) is 130 cm³/mol. The Labute approximate surface area is 198 Å². The minimum absolute atomic E-state index is 0.205. The lowest BCUT2D eigenvalue weighted by atomic mass is 9.95. The quantitative estimate of drug-likeness (QED) is 0.407. The van der Waals surface area contributed by atoms with Crippen LogP contribution in [0.4, 0.5) is 0 Å². The number of amides is 1. The molecule has 5 nitrogen and oxygen atoms in total. The van der Waals surface area contributed by atoms with Gasteiger partial charge in [-0.15, -0.1) is 21.5 Å². The van der Waals surface area contributed by atoms with E-state index in [0.717, 1.165) is 48.9 Å². The monoisotopic (exact) mass is 466 g/mol. The van der Waals surface area contributed by atoms with Crippen LogP contribution in [0.2, 0.25) is 0 Å². The molecule has 3 aromatic rings. The second-order valence-electron chi connectivity index (χ2n) is 8.76. The van der Waals surface area contributed by atoms with Gasteiger partial charge in [-0.25, -0.2) is 0 Å². The minimum atomic E-state index is -0.282. The summed E-state index contributed by atoms with van der Waals surface area (Å²) in [5, 5.41) is 12.0. The molecular formula is C25H30N4OS2. The lowest BCUT2D eigenvalue weighted by Crippen LogP contribution is -2.31. The van der Waals surface area contributed by atoms with Crippen LogP contribution in [-0.4, -0.2) is 38.7 Å². The summed E-state index contributed by atoms with van der Waals surface area (Å²) in [4.78, 5) is 16.9. The molecule has 2 aromatic heterocycles. The molecule has 1 aliphatic carbocycles. The standard InChI is InChI=1S/C25H30N4OS2/c30-24(28-15-7-8-16-28)23(19-10-3-1-4-11-19)32-25-27-26-22(18-21-14-9-17-31-21)29(25)20-12-5-2-6-13-20/h1,3-4,9-11,14,17,20,23H,2,5-8,12-13,15-16,18H2/t23-/m0/s1. The van der Waals surface area contributed by atoms with Crippen LogP contribution < -0.4 is 0 Å². The Morgan fingerprint density at radius 1 is 1.00 bits per heavy atom. The van der Waals surface area contributed by atoms with Crippen LogP contribution in [0.3, 0.4) is 0 Å². The third kappa shape index (κ3) is 4.79. The summed E-state index contributed by atoms with van der Waals surface area (Å²) < 4.78 is 2.37. The molecule has 2 aliphatic rings.